The van der Waals surface area contributed by atoms with Gasteiger partial charge in [-0.05, 0) is 41.6 Å². The molecule has 0 bridgehead atoms. The molecule has 3 rings (SSSR count). The number of amides is 2. The predicted octanol–water partition coefficient (Wildman–Crippen LogP) is 4.01. The van der Waals surface area contributed by atoms with Crippen molar-refractivity contribution in [2.75, 3.05) is 12.4 Å². The Morgan fingerprint density at radius 3 is 2.20 bits per heavy atom. The number of aryl methyl sites for hydroxylation is 1. The lowest BCUT2D eigenvalue weighted by molar-refractivity contribution is 0.0963. The monoisotopic (exact) mass is 332 g/mol. The number of hydrogen-bond acceptors (Lipinski definition) is 2. The van der Waals surface area contributed by atoms with Gasteiger partial charge in [0.05, 0.1) is 0 Å². The van der Waals surface area contributed by atoms with Crippen LogP contribution >= 0.6 is 0 Å². The highest BCUT2D eigenvalue weighted by molar-refractivity contribution is 6.15. The van der Waals surface area contributed by atoms with Crippen LogP contribution in [0.4, 0.5) is 5.69 Å². The fraction of sp³-hybridized carbons (Fsp3) is 0.143. The highest BCUT2D eigenvalue weighted by Crippen LogP contribution is 2.27. The second kappa shape index (κ2) is 7.18. The molecule has 0 heterocycles. The summed E-state index contributed by atoms with van der Waals surface area (Å²) in [5.74, 6) is -0.374. The number of fused-ring (bicyclic) bond motifs is 1. The fourth-order valence-electron chi connectivity index (χ4n) is 2.86. The SMILES string of the molecule is CCc1ccc(C(=O)Nc2cccc3cccc(C(=O)NC)c23)cc1. The molecule has 0 saturated heterocycles. The van der Waals surface area contributed by atoms with E-state index in [1.165, 1.54) is 5.56 Å². The first kappa shape index (κ1) is 16.7. The maximum Gasteiger partial charge on any atom is 0.255 e. The zero-order valence-corrected chi connectivity index (χ0v) is 14.3. The van der Waals surface area contributed by atoms with Gasteiger partial charge in [0.1, 0.15) is 0 Å². The lowest BCUT2D eigenvalue weighted by Gasteiger charge is -2.12. The van der Waals surface area contributed by atoms with Crippen LogP contribution in [0.3, 0.4) is 0 Å². The van der Waals surface area contributed by atoms with Crippen LogP contribution in [-0.4, -0.2) is 18.9 Å². The van der Waals surface area contributed by atoms with Crippen LogP contribution in [-0.2, 0) is 6.42 Å². The molecule has 0 radical (unpaired) electrons. The van der Waals surface area contributed by atoms with Crippen LogP contribution in [0.2, 0.25) is 0 Å². The fourth-order valence-corrected chi connectivity index (χ4v) is 2.86. The van der Waals surface area contributed by atoms with E-state index in [4.69, 9.17) is 0 Å². The first-order valence-corrected chi connectivity index (χ1v) is 8.28. The average Bonchev–Trinajstić information content (AvgIpc) is 2.67. The van der Waals surface area contributed by atoms with Crippen molar-refractivity contribution in [2.24, 2.45) is 0 Å². The first-order valence-electron chi connectivity index (χ1n) is 8.28. The van der Waals surface area contributed by atoms with Crippen molar-refractivity contribution >= 4 is 28.3 Å². The highest BCUT2D eigenvalue weighted by Gasteiger charge is 2.14. The van der Waals surface area contributed by atoms with E-state index < -0.39 is 0 Å². The largest absolute Gasteiger partial charge is 0.355 e. The van der Waals surface area contributed by atoms with E-state index >= 15 is 0 Å². The van der Waals surface area contributed by atoms with Gasteiger partial charge in [-0.15, -0.1) is 0 Å². The van der Waals surface area contributed by atoms with Crippen LogP contribution in [0.25, 0.3) is 10.8 Å². The van der Waals surface area contributed by atoms with Gasteiger partial charge in [-0.3, -0.25) is 9.59 Å². The Bertz CT molecular complexity index is 925. The van der Waals surface area contributed by atoms with Gasteiger partial charge < -0.3 is 10.6 Å². The number of rotatable bonds is 4. The second-order valence-electron chi connectivity index (χ2n) is 5.79. The second-order valence-corrected chi connectivity index (χ2v) is 5.79. The van der Waals surface area contributed by atoms with Crippen molar-refractivity contribution in [1.82, 2.24) is 5.32 Å². The molecular formula is C21H20N2O2. The van der Waals surface area contributed by atoms with E-state index in [-0.39, 0.29) is 11.8 Å². The molecule has 2 N–H and O–H groups in total. The number of carbonyl (C=O) groups excluding carboxylic acids is 2. The molecule has 0 aliphatic carbocycles. The van der Waals surface area contributed by atoms with Gasteiger partial charge in [0.2, 0.25) is 0 Å². The summed E-state index contributed by atoms with van der Waals surface area (Å²) in [5.41, 5.74) is 2.94. The van der Waals surface area contributed by atoms with Crippen LogP contribution in [0.15, 0.2) is 60.7 Å². The minimum atomic E-state index is -0.193. The Labute approximate surface area is 146 Å². The number of benzene rings is 3. The van der Waals surface area contributed by atoms with Gasteiger partial charge in [-0.2, -0.15) is 0 Å². The molecule has 0 fully saturated rings. The first-order chi connectivity index (χ1) is 12.1. The molecule has 0 saturated carbocycles. The van der Waals surface area contributed by atoms with Crippen molar-refractivity contribution < 1.29 is 9.59 Å². The van der Waals surface area contributed by atoms with E-state index in [0.717, 1.165) is 17.2 Å². The third-order valence-corrected chi connectivity index (χ3v) is 4.25. The Kier molecular flexibility index (Phi) is 4.80. The van der Waals surface area contributed by atoms with Crippen molar-refractivity contribution in [3.8, 4) is 0 Å². The molecule has 4 heteroatoms. The number of nitrogens with one attached hydrogen (secondary N) is 2. The van der Waals surface area contributed by atoms with E-state index in [0.29, 0.717) is 16.8 Å². The minimum absolute atomic E-state index is 0.181. The van der Waals surface area contributed by atoms with E-state index in [9.17, 15) is 9.59 Å². The Hall–Kier alpha value is -3.14. The summed E-state index contributed by atoms with van der Waals surface area (Å²) in [5, 5.41) is 7.23. The normalized spacial score (nSPS) is 10.5. The number of hydrogen-bond donors (Lipinski definition) is 2. The smallest absolute Gasteiger partial charge is 0.255 e. The molecule has 0 aromatic heterocycles. The molecule has 3 aromatic carbocycles. The lowest BCUT2D eigenvalue weighted by atomic mass is 10.0. The molecule has 0 aliphatic rings. The minimum Gasteiger partial charge on any atom is -0.355 e. The molecule has 126 valence electrons. The molecule has 0 unspecified atom stereocenters. The maximum absolute atomic E-state index is 12.6. The summed E-state index contributed by atoms with van der Waals surface area (Å²) in [4.78, 5) is 24.8. The van der Waals surface area contributed by atoms with E-state index in [2.05, 4.69) is 17.6 Å². The van der Waals surface area contributed by atoms with Crippen LogP contribution in [0.5, 0.6) is 0 Å². The molecular weight excluding hydrogens is 312 g/mol. The maximum atomic E-state index is 12.6. The van der Waals surface area contributed by atoms with Crippen molar-refractivity contribution in [2.45, 2.75) is 13.3 Å². The van der Waals surface area contributed by atoms with Crippen LogP contribution in [0, 0.1) is 0 Å². The lowest BCUT2D eigenvalue weighted by Crippen LogP contribution is -2.19. The standard InChI is InChI=1S/C21H20N2O2/c1-3-14-10-12-16(13-11-14)20(24)23-18-9-5-7-15-6-4-8-17(19(15)18)21(25)22-2/h4-13H,3H2,1-2H3,(H,22,25)(H,23,24). The highest BCUT2D eigenvalue weighted by atomic mass is 16.2. The molecule has 0 atom stereocenters. The van der Waals surface area contributed by atoms with Gasteiger partial charge in [-0.25, -0.2) is 0 Å². The summed E-state index contributed by atoms with van der Waals surface area (Å²) >= 11 is 0. The summed E-state index contributed by atoms with van der Waals surface area (Å²) in [6.45, 7) is 2.07. The number of carbonyl (C=O) groups is 2. The zero-order valence-electron chi connectivity index (χ0n) is 14.3. The van der Waals surface area contributed by atoms with Gasteiger partial charge in [0.25, 0.3) is 11.8 Å². The van der Waals surface area contributed by atoms with Gasteiger partial charge in [-0.1, -0.05) is 43.3 Å². The van der Waals surface area contributed by atoms with Gasteiger partial charge in [0, 0.05) is 29.2 Å². The third kappa shape index (κ3) is 3.38. The molecule has 2 amide bonds. The molecule has 0 aliphatic heterocycles. The molecule has 25 heavy (non-hydrogen) atoms. The molecule has 3 aromatic rings. The van der Waals surface area contributed by atoms with Gasteiger partial charge in [0.15, 0.2) is 0 Å². The van der Waals surface area contributed by atoms with E-state index in [1.807, 2.05) is 54.6 Å². The van der Waals surface area contributed by atoms with Crippen LogP contribution in [0.1, 0.15) is 33.2 Å². The predicted molar refractivity (Wildman–Crippen MR) is 101 cm³/mol. The van der Waals surface area contributed by atoms with E-state index in [1.54, 1.807) is 13.1 Å². The summed E-state index contributed by atoms with van der Waals surface area (Å²) in [6, 6.07) is 18.7. The molecule has 0 spiro atoms. The zero-order chi connectivity index (χ0) is 17.8. The van der Waals surface area contributed by atoms with Gasteiger partial charge >= 0.3 is 0 Å². The van der Waals surface area contributed by atoms with Crippen molar-refractivity contribution in [3.05, 3.63) is 77.4 Å². The quantitative estimate of drug-likeness (QED) is 0.758. The Balaban J connectivity index is 2.00. The summed E-state index contributed by atoms with van der Waals surface area (Å²) in [6.07, 6.45) is 0.931. The summed E-state index contributed by atoms with van der Waals surface area (Å²) in [7, 11) is 1.59. The molecule has 4 nitrogen and oxygen atoms in total. The third-order valence-electron chi connectivity index (χ3n) is 4.25. The van der Waals surface area contributed by atoms with Crippen molar-refractivity contribution in [3.63, 3.8) is 0 Å². The summed E-state index contributed by atoms with van der Waals surface area (Å²) < 4.78 is 0. The number of anilines is 1. The van der Waals surface area contributed by atoms with Crippen LogP contribution < -0.4 is 10.6 Å². The van der Waals surface area contributed by atoms with Crippen molar-refractivity contribution in [1.29, 1.82) is 0 Å². The Morgan fingerprint density at radius 2 is 1.56 bits per heavy atom. The average molecular weight is 332 g/mol. The Morgan fingerprint density at radius 1 is 0.880 bits per heavy atom. The topological polar surface area (TPSA) is 58.2 Å².